The van der Waals surface area contributed by atoms with Crippen LogP contribution in [0.1, 0.15) is 21.5 Å². The number of hydrogen-bond acceptors (Lipinski definition) is 4. The summed E-state index contributed by atoms with van der Waals surface area (Å²) in [6.07, 6.45) is 1.81. The van der Waals surface area contributed by atoms with Crippen LogP contribution in [0.4, 0.5) is 0 Å². The summed E-state index contributed by atoms with van der Waals surface area (Å²) in [5.74, 6) is -1.30. The largest absolute Gasteiger partial charge is 0.548 e. The van der Waals surface area contributed by atoms with E-state index in [0.29, 0.717) is 16.9 Å². The molecule has 0 radical (unpaired) electrons. The molecule has 0 aliphatic rings. The van der Waals surface area contributed by atoms with E-state index in [1.807, 2.05) is 36.4 Å². The molecular weight excluding hydrogens is 404 g/mol. The van der Waals surface area contributed by atoms with Gasteiger partial charge >= 0.3 is 0 Å². The highest BCUT2D eigenvalue weighted by Gasteiger charge is 2.36. The Kier molecular flexibility index (Phi) is 5.94. The van der Waals surface area contributed by atoms with Gasteiger partial charge in [0.1, 0.15) is 5.75 Å². The van der Waals surface area contributed by atoms with Crippen LogP contribution in [0.3, 0.4) is 0 Å². The van der Waals surface area contributed by atoms with Crippen molar-refractivity contribution in [2.24, 2.45) is 0 Å². The van der Waals surface area contributed by atoms with Gasteiger partial charge in [0.05, 0.1) is 18.6 Å². The molecule has 0 saturated carbocycles. The molecule has 0 saturated heterocycles. The van der Waals surface area contributed by atoms with Crippen LogP contribution in [0.5, 0.6) is 5.75 Å². The molecule has 1 amide bonds. The number of amides is 1. The molecule has 0 bridgehead atoms. The summed E-state index contributed by atoms with van der Waals surface area (Å²) in [4.78, 5) is 28.9. The van der Waals surface area contributed by atoms with Crippen LogP contribution < -0.4 is 15.2 Å². The first kappa shape index (κ1) is 21.2. The van der Waals surface area contributed by atoms with Gasteiger partial charge in [-0.1, -0.05) is 54.6 Å². The Bertz CT molecular complexity index is 1250. The lowest BCUT2D eigenvalue weighted by molar-refractivity contribution is -0.314. The fraction of sp³-hybridized carbons (Fsp3) is 0.154. The third-order valence-corrected chi connectivity index (χ3v) is 5.63. The molecule has 1 atom stereocenters. The summed E-state index contributed by atoms with van der Waals surface area (Å²) in [7, 11) is 1.53. The van der Waals surface area contributed by atoms with Crippen LogP contribution in [0.2, 0.25) is 0 Å². The second-order valence-electron chi connectivity index (χ2n) is 7.71. The van der Waals surface area contributed by atoms with Crippen molar-refractivity contribution in [1.82, 2.24) is 10.3 Å². The fourth-order valence-electron chi connectivity index (χ4n) is 4.00. The van der Waals surface area contributed by atoms with Crippen molar-refractivity contribution < 1.29 is 19.4 Å². The molecule has 1 aromatic heterocycles. The minimum absolute atomic E-state index is 0.00255. The summed E-state index contributed by atoms with van der Waals surface area (Å²) in [5.41, 5.74) is 0.992. The molecule has 162 valence electrons. The number of nitrogens with one attached hydrogen (secondary N) is 2. The summed E-state index contributed by atoms with van der Waals surface area (Å²) < 4.78 is 5.43. The van der Waals surface area contributed by atoms with E-state index in [2.05, 4.69) is 10.3 Å². The van der Waals surface area contributed by atoms with Crippen molar-refractivity contribution in [3.63, 3.8) is 0 Å². The first-order chi connectivity index (χ1) is 15.5. The third-order valence-electron chi connectivity index (χ3n) is 5.63. The molecule has 32 heavy (non-hydrogen) atoms. The Hall–Kier alpha value is -4.06. The predicted octanol–water partition coefficient (Wildman–Crippen LogP) is 2.88. The number of fused-ring (bicyclic) bond motifs is 1. The number of carbonyl (C=O) groups excluding carboxylic acids is 2. The van der Waals surface area contributed by atoms with Gasteiger partial charge in [-0.15, -0.1) is 0 Å². The number of H-pyrrole nitrogens is 1. The molecule has 4 rings (SSSR count). The summed E-state index contributed by atoms with van der Waals surface area (Å²) in [6, 6.07) is 23.4. The Balaban J connectivity index is 1.79. The van der Waals surface area contributed by atoms with E-state index in [0.717, 1.165) is 16.5 Å². The van der Waals surface area contributed by atoms with Gasteiger partial charge in [-0.25, -0.2) is 0 Å². The molecule has 0 aliphatic heterocycles. The van der Waals surface area contributed by atoms with Crippen LogP contribution in [0.15, 0.2) is 85.1 Å². The predicted molar refractivity (Wildman–Crippen MR) is 120 cm³/mol. The second-order valence-corrected chi connectivity index (χ2v) is 7.71. The van der Waals surface area contributed by atoms with E-state index in [1.54, 1.807) is 48.7 Å². The Morgan fingerprint density at radius 1 is 0.906 bits per heavy atom. The van der Waals surface area contributed by atoms with Crippen molar-refractivity contribution in [3.05, 3.63) is 102 Å². The maximum atomic E-state index is 13.1. The number of rotatable bonds is 8. The number of carbonyl (C=O) groups is 2. The number of aliphatic carboxylic acids is 1. The summed E-state index contributed by atoms with van der Waals surface area (Å²) >= 11 is 0. The normalized spacial score (nSPS) is 12.8. The average molecular weight is 427 g/mol. The molecule has 0 fully saturated rings. The van der Waals surface area contributed by atoms with Crippen LogP contribution >= 0.6 is 0 Å². The number of para-hydroxylation sites is 2. The number of carboxylic acids is 1. The minimum atomic E-state index is -1.70. The molecule has 0 aliphatic carbocycles. The molecule has 3 aromatic carbocycles. The quantitative estimate of drug-likeness (QED) is 0.452. The number of benzene rings is 3. The Morgan fingerprint density at radius 2 is 1.56 bits per heavy atom. The van der Waals surface area contributed by atoms with Crippen LogP contribution in [-0.2, 0) is 17.6 Å². The van der Waals surface area contributed by atoms with Crippen LogP contribution in [-0.4, -0.2) is 29.5 Å². The third kappa shape index (κ3) is 4.21. The number of methoxy groups -OCH3 is 1. The fourth-order valence-corrected chi connectivity index (χ4v) is 4.00. The van der Waals surface area contributed by atoms with Gasteiger partial charge < -0.3 is 24.9 Å². The van der Waals surface area contributed by atoms with Gasteiger partial charge in [0.25, 0.3) is 5.91 Å². The molecule has 6 heteroatoms. The van der Waals surface area contributed by atoms with Gasteiger partial charge in [-0.2, -0.15) is 0 Å². The topological polar surface area (TPSA) is 94.2 Å². The highest BCUT2D eigenvalue weighted by Crippen LogP contribution is 2.29. The first-order valence-electron chi connectivity index (χ1n) is 10.3. The van der Waals surface area contributed by atoms with E-state index in [1.165, 1.54) is 7.11 Å². The standard InChI is InChI=1S/C26H24N2O4/c1-32-23-14-8-5-11-19(23)15-26(25(30)31,28-24(29)18-9-3-2-4-10-18)16-20-17-27-22-13-7-6-12-21(20)22/h2-14,17,27H,15-16H2,1H3,(H,28,29)(H,30,31)/p-1. The lowest BCUT2D eigenvalue weighted by Gasteiger charge is -2.36. The zero-order chi connectivity index (χ0) is 22.6. The van der Waals surface area contributed by atoms with Crippen molar-refractivity contribution in [1.29, 1.82) is 0 Å². The molecule has 0 spiro atoms. The highest BCUT2D eigenvalue weighted by molar-refractivity contribution is 5.98. The molecular formula is C26H23N2O4-. The van der Waals surface area contributed by atoms with E-state index in [9.17, 15) is 14.7 Å². The first-order valence-corrected chi connectivity index (χ1v) is 10.3. The smallest absolute Gasteiger partial charge is 0.252 e. The zero-order valence-electron chi connectivity index (χ0n) is 17.6. The van der Waals surface area contributed by atoms with Crippen LogP contribution in [0, 0.1) is 0 Å². The van der Waals surface area contributed by atoms with E-state index in [-0.39, 0.29) is 12.8 Å². The maximum absolute atomic E-state index is 13.1. The molecule has 1 heterocycles. The van der Waals surface area contributed by atoms with Crippen molar-refractivity contribution in [2.75, 3.05) is 7.11 Å². The van der Waals surface area contributed by atoms with Gasteiger partial charge in [0.15, 0.2) is 0 Å². The van der Waals surface area contributed by atoms with Crippen molar-refractivity contribution >= 4 is 22.8 Å². The average Bonchev–Trinajstić information content (AvgIpc) is 3.22. The highest BCUT2D eigenvalue weighted by atomic mass is 16.5. The monoisotopic (exact) mass is 427 g/mol. The number of aromatic amines is 1. The van der Waals surface area contributed by atoms with Gasteiger partial charge in [-0.05, 0) is 35.4 Å². The molecule has 1 unspecified atom stereocenters. The molecule has 4 aromatic rings. The van der Waals surface area contributed by atoms with Crippen LogP contribution in [0.25, 0.3) is 10.9 Å². The lowest BCUT2D eigenvalue weighted by Crippen LogP contribution is -2.62. The number of aromatic nitrogens is 1. The van der Waals surface area contributed by atoms with E-state index in [4.69, 9.17) is 4.74 Å². The van der Waals surface area contributed by atoms with Gasteiger partial charge in [-0.3, -0.25) is 4.79 Å². The van der Waals surface area contributed by atoms with Crippen molar-refractivity contribution in [2.45, 2.75) is 18.4 Å². The number of carboxylic acid groups (broad SMARTS) is 1. The van der Waals surface area contributed by atoms with Gasteiger partial charge in [0.2, 0.25) is 0 Å². The minimum Gasteiger partial charge on any atom is -0.548 e. The SMILES string of the molecule is COc1ccccc1CC(Cc1c[nH]c2ccccc12)(NC(=O)c1ccccc1)C(=O)[O-]. The number of hydrogen-bond donors (Lipinski definition) is 2. The van der Waals surface area contributed by atoms with E-state index >= 15 is 0 Å². The Labute approximate surface area is 185 Å². The lowest BCUT2D eigenvalue weighted by atomic mass is 9.83. The maximum Gasteiger partial charge on any atom is 0.252 e. The zero-order valence-corrected chi connectivity index (χ0v) is 17.6. The molecule has 2 N–H and O–H groups in total. The van der Waals surface area contributed by atoms with Crippen molar-refractivity contribution in [3.8, 4) is 5.75 Å². The molecule has 6 nitrogen and oxygen atoms in total. The second kappa shape index (κ2) is 8.98. The summed E-state index contributed by atoms with van der Waals surface area (Å²) in [6.45, 7) is 0. The summed E-state index contributed by atoms with van der Waals surface area (Å²) in [5, 5.41) is 16.4. The van der Waals surface area contributed by atoms with Gasteiger partial charge in [0, 0.05) is 35.5 Å². The Morgan fingerprint density at radius 3 is 2.31 bits per heavy atom. The van der Waals surface area contributed by atoms with E-state index < -0.39 is 17.4 Å². The number of ether oxygens (including phenoxy) is 1.